The van der Waals surface area contributed by atoms with Crippen LogP contribution in [0.1, 0.15) is 11.1 Å². The van der Waals surface area contributed by atoms with E-state index in [9.17, 15) is 14.7 Å². The number of imidazole rings is 1. The van der Waals surface area contributed by atoms with Crippen molar-refractivity contribution in [2.75, 3.05) is 11.9 Å². The minimum atomic E-state index is -0.773. The van der Waals surface area contributed by atoms with E-state index in [0.717, 1.165) is 15.7 Å². The minimum Gasteiger partial charge on any atom is -0.390 e. The van der Waals surface area contributed by atoms with Crippen molar-refractivity contribution in [3.05, 3.63) is 92.6 Å². The number of aromatic nitrogens is 4. The Morgan fingerprint density at radius 1 is 0.909 bits per heavy atom. The maximum absolute atomic E-state index is 13.0. The third kappa shape index (κ3) is 4.89. The number of aliphatic hydroxyl groups is 1. The molecule has 0 spiro atoms. The number of fused-ring (bicyclic) bond motifs is 1. The number of aliphatic hydroxyl groups excluding tert-OH is 1. The van der Waals surface area contributed by atoms with Gasteiger partial charge < -0.3 is 20.3 Å². The van der Waals surface area contributed by atoms with Crippen LogP contribution in [0.5, 0.6) is 0 Å². The van der Waals surface area contributed by atoms with Crippen molar-refractivity contribution in [2.45, 2.75) is 25.7 Å². The highest BCUT2D eigenvalue weighted by Gasteiger charge is 2.21. The van der Waals surface area contributed by atoms with Gasteiger partial charge in [-0.15, -0.1) is 0 Å². The lowest BCUT2D eigenvalue weighted by Crippen LogP contribution is -2.38. The van der Waals surface area contributed by atoms with Crippen molar-refractivity contribution in [3.8, 4) is 0 Å². The molecule has 0 bridgehead atoms. The van der Waals surface area contributed by atoms with Crippen molar-refractivity contribution in [2.24, 2.45) is 14.1 Å². The SMILES string of the molecule is Cn1c(=O)c2c(nc(NCc3ccccc3)n2CC(O)CNCc2ccccc2)n(C)c1=O. The molecule has 0 fully saturated rings. The molecule has 1 unspecified atom stereocenters. The molecule has 2 aromatic carbocycles. The molecule has 2 heterocycles. The van der Waals surface area contributed by atoms with Gasteiger partial charge in [0.15, 0.2) is 11.2 Å². The first-order chi connectivity index (χ1) is 16.0. The Balaban J connectivity index is 1.60. The topological polar surface area (TPSA) is 106 Å². The summed E-state index contributed by atoms with van der Waals surface area (Å²) in [7, 11) is 3.02. The Bertz CT molecular complexity index is 1340. The number of nitrogens with zero attached hydrogens (tertiary/aromatic N) is 4. The van der Waals surface area contributed by atoms with E-state index in [1.165, 1.54) is 11.6 Å². The number of rotatable bonds is 9. The van der Waals surface area contributed by atoms with Crippen molar-refractivity contribution in [1.82, 2.24) is 24.0 Å². The average molecular weight is 449 g/mol. The first kappa shape index (κ1) is 22.5. The van der Waals surface area contributed by atoms with Crippen molar-refractivity contribution in [1.29, 1.82) is 0 Å². The Morgan fingerprint density at radius 3 is 2.15 bits per heavy atom. The second kappa shape index (κ2) is 9.85. The fourth-order valence-electron chi connectivity index (χ4n) is 3.79. The highest BCUT2D eigenvalue weighted by Crippen LogP contribution is 2.17. The van der Waals surface area contributed by atoms with Crippen LogP contribution < -0.4 is 21.9 Å². The van der Waals surface area contributed by atoms with Crippen molar-refractivity contribution < 1.29 is 5.11 Å². The van der Waals surface area contributed by atoms with Crippen molar-refractivity contribution >= 4 is 17.1 Å². The van der Waals surface area contributed by atoms with Crippen LogP contribution in [0.2, 0.25) is 0 Å². The van der Waals surface area contributed by atoms with Crippen LogP contribution in [0, 0.1) is 0 Å². The molecule has 0 aliphatic carbocycles. The Morgan fingerprint density at radius 2 is 1.52 bits per heavy atom. The van der Waals surface area contributed by atoms with Gasteiger partial charge in [0.05, 0.1) is 12.6 Å². The molecule has 172 valence electrons. The largest absolute Gasteiger partial charge is 0.390 e. The highest BCUT2D eigenvalue weighted by molar-refractivity contribution is 5.74. The molecule has 9 heteroatoms. The van der Waals surface area contributed by atoms with Crippen molar-refractivity contribution in [3.63, 3.8) is 0 Å². The molecule has 4 rings (SSSR count). The molecule has 0 amide bonds. The normalized spacial score (nSPS) is 12.2. The van der Waals surface area contributed by atoms with Crippen LogP contribution in [0.4, 0.5) is 5.95 Å². The molecule has 2 aromatic heterocycles. The van der Waals surface area contributed by atoms with E-state index in [4.69, 9.17) is 0 Å². The lowest BCUT2D eigenvalue weighted by atomic mass is 10.2. The summed E-state index contributed by atoms with van der Waals surface area (Å²) in [4.78, 5) is 29.9. The summed E-state index contributed by atoms with van der Waals surface area (Å²) < 4.78 is 4.07. The van der Waals surface area contributed by atoms with E-state index in [1.807, 2.05) is 60.7 Å². The molecule has 0 saturated carbocycles. The van der Waals surface area contributed by atoms with E-state index in [-0.39, 0.29) is 17.7 Å². The Labute approximate surface area is 190 Å². The average Bonchev–Trinajstić information content (AvgIpc) is 3.19. The van der Waals surface area contributed by atoms with Crippen LogP contribution in [0.25, 0.3) is 11.2 Å². The molecule has 0 aliphatic rings. The maximum Gasteiger partial charge on any atom is 0.332 e. The minimum absolute atomic E-state index is 0.142. The van der Waals surface area contributed by atoms with Gasteiger partial charge >= 0.3 is 5.69 Å². The third-order valence-electron chi connectivity index (χ3n) is 5.59. The van der Waals surface area contributed by atoms with E-state index < -0.39 is 17.4 Å². The van der Waals surface area contributed by atoms with Gasteiger partial charge in [-0.05, 0) is 11.1 Å². The van der Waals surface area contributed by atoms with Gasteiger partial charge in [0.25, 0.3) is 5.56 Å². The van der Waals surface area contributed by atoms with Gasteiger partial charge in [-0.25, -0.2) is 4.79 Å². The Kier molecular flexibility index (Phi) is 6.71. The van der Waals surface area contributed by atoms with Gasteiger partial charge in [0.1, 0.15) is 0 Å². The van der Waals surface area contributed by atoms with Crippen LogP contribution in [0.3, 0.4) is 0 Å². The monoisotopic (exact) mass is 448 g/mol. The molecule has 9 nitrogen and oxygen atoms in total. The lowest BCUT2D eigenvalue weighted by Gasteiger charge is -2.16. The molecule has 1 atom stereocenters. The standard InChI is InChI=1S/C24H28N6O3/c1-28-21-20(22(32)29(2)24(28)33)30(23(27-21)26-14-18-11-7-4-8-12-18)16-19(31)15-25-13-17-9-5-3-6-10-17/h3-12,19,25,31H,13-16H2,1-2H3,(H,26,27). The molecule has 3 N–H and O–H groups in total. The van der Waals surface area contributed by atoms with Gasteiger partial charge in [-0.1, -0.05) is 60.7 Å². The van der Waals surface area contributed by atoms with E-state index in [0.29, 0.717) is 25.6 Å². The van der Waals surface area contributed by atoms with Crippen LogP contribution in [0.15, 0.2) is 70.3 Å². The predicted molar refractivity (Wildman–Crippen MR) is 128 cm³/mol. The summed E-state index contributed by atoms with van der Waals surface area (Å²) in [5.41, 5.74) is 1.82. The summed E-state index contributed by atoms with van der Waals surface area (Å²) in [5, 5.41) is 17.2. The van der Waals surface area contributed by atoms with Gasteiger partial charge in [-0.2, -0.15) is 4.98 Å². The fraction of sp³-hybridized carbons (Fsp3) is 0.292. The first-order valence-corrected chi connectivity index (χ1v) is 10.8. The van der Waals surface area contributed by atoms with Gasteiger partial charge in [0, 0.05) is 33.7 Å². The van der Waals surface area contributed by atoms with E-state index >= 15 is 0 Å². The number of aryl methyl sites for hydroxylation is 1. The predicted octanol–water partition coefficient (Wildman–Crippen LogP) is 1.20. The number of benzene rings is 2. The van der Waals surface area contributed by atoms with Crippen LogP contribution >= 0.6 is 0 Å². The summed E-state index contributed by atoms with van der Waals surface area (Å²) in [5.74, 6) is 0.425. The molecule has 4 aromatic rings. The molecular formula is C24H28N6O3. The van der Waals surface area contributed by atoms with Crippen LogP contribution in [-0.4, -0.2) is 36.4 Å². The quantitative estimate of drug-likeness (QED) is 0.355. The zero-order valence-electron chi connectivity index (χ0n) is 18.7. The zero-order valence-corrected chi connectivity index (χ0v) is 18.7. The maximum atomic E-state index is 13.0. The lowest BCUT2D eigenvalue weighted by molar-refractivity contribution is 0.153. The van der Waals surface area contributed by atoms with E-state index in [1.54, 1.807) is 11.6 Å². The third-order valence-corrected chi connectivity index (χ3v) is 5.59. The second-order valence-corrected chi connectivity index (χ2v) is 8.03. The summed E-state index contributed by atoms with van der Waals surface area (Å²) >= 11 is 0. The summed E-state index contributed by atoms with van der Waals surface area (Å²) in [6, 6.07) is 19.7. The highest BCUT2D eigenvalue weighted by atomic mass is 16.3. The zero-order chi connectivity index (χ0) is 23.4. The molecule has 0 radical (unpaired) electrons. The molecule has 0 saturated heterocycles. The smallest absolute Gasteiger partial charge is 0.332 e. The van der Waals surface area contributed by atoms with Gasteiger partial charge in [0.2, 0.25) is 5.95 Å². The summed E-state index contributed by atoms with van der Waals surface area (Å²) in [6.07, 6.45) is -0.773. The molecule has 33 heavy (non-hydrogen) atoms. The first-order valence-electron chi connectivity index (χ1n) is 10.8. The second-order valence-electron chi connectivity index (χ2n) is 8.03. The molecular weight excluding hydrogens is 420 g/mol. The van der Waals surface area contributed by atoms with Gasteiger partial charge in [-0.3, -0.25) is 13.9 Å². The summed E-state index contributed by atoms with van der Waals surface area (Å²) in [6.45, 7) is 1.58. The number of anilines is 1. The Hall–Kier alpha value is -3.69. The van der Waals surface area contributed by atoms with E-state index in [2.05, 4.69) is 15.6 Å². The number of hydrogen-bond acceptors (Lipinski definition) is 6. The number of nitrogens with one attached hydrogen (secondary N) is 2. The number of hydrogen-bond donors (Lipinski definition) is 3. The fourth-order valence-corrected chi connectivity index (χ4v) is 3.79. The molecule has 0 aliphatic heterocycles. The van der Waals surface area contributed by atoms with Crippen LogP contribution in [-0.2, 0) is 33.7 Å².